The van der Waals surface area contributed by atoms with Crippen molar-refractivity contribution in [3.05, 3.63) is 53.7 Å². The Labute approximate surface area is 166 Å². The number of hydrogen-bond donors (Lipinski definition) is 4. The fourth-order valence-electron chi connectivity index (χ4n) is 2.67. The van der Waals surface area contributed by atoms with Crippen LogP contribution in [0.4, 0.5) is 27.5 Å². The average molecular weight is 399 g/mol. The molecule has 0 bridgehead atoms. The molecule has 0 aliphatic heterocycles. The van der Waals surface area contributed by atoms with Crippen LogP contribution in [0.5, 0.6) is 0 Å². The van der Waals surface area contributed by atoms with E-state index in [0.717, 1.165) is 0 Å². The van der Waals surface area contributed by atoms with Crippen molar-refractivity contribution in [2.75, 3.05) is 10.6 Å². The number of hydrogen-bond acceptors (Lipinski definition) is 7. The van der Waals surface area contributed by atoms with Gasteiger partial charge in [-0.05, 0) is 32.4 Å². The molecule has 29 heavy (non-hydrogen) atoms. The van der Waals surface area contributed by atoms with Gasteiger partial charge in [0.05, 0.1) is 29.7 Å². The van der Waals surface area contributed by atoms with E-state index in [1.807, 2.05) is 0 Å². The van der Waals surface area contributed by atoms with Gasteiger partial charge >= 0.3 is 0 Å². The fourth-order valence-corrected chi connectivity index (χ4v) is 2.67. The highest BCUT2D eigenvalue weighted by Gasteiger charge is 2.17. The van der Waals surface area contributed by atoms with E-state index in [1.54, 1.807) is 50.0 Å². The third-order valence-corrected chi connectivity index (χ3v) is 3.96. The molecule has 0 spiro atoms. The van der Waals surface area contributed by atoms with E-state index in [2.05, 4.69) is 25.7 Å². The first-order valence-electron chi connectivity index (χ1n) is 8.83. The Balaban J connectivity index is 1.88. The first-order chi connectivity index (χ1) is 13.6. The number of aromatic nitrogens is 4. The van der Waals surface area contributed by atoms with Gasteiger partial charge in [0.25, 0.3) is 5.91 Å². The summed E-state index contributed by atoms with van der Waals surface area (Å²) < 4.78 is 15.8. The Kier molecular flexibility index (Phi) is 5.46. The minimum atomic E-state index is -0.919. The van der Waals surface area contributed by atoms with E-state index in [4.69, 9.17) is 5.73 Å². The van der Waals surface area contributed by atoms with Crippen molar-refractivity contribution in [1.29, 1.82) is 0 Å². The number of aliphatic hydroxyl groups is 1. The van der Waals surface area contributed by atoms with Crippen molar-refractivity contribution in [3.63, 3.8) is 0 Å². The standard InChI is InChI=1S/C19H22FN7O2/c1-11-5-4-6-14(20)15(11)25-17-13(16(21)28)8-22-18(26-17)24-12-7-23-27(9-12)10-19(2,3)29/h4-9,29H,10H2,1-3H3,(H2,21,28)(H2,22,24,25,26). The predicted molar refractivity (Wildman–Crippen MR) is 107 cm³/mol. The number of nitrogens with one attached hydrogen (secondary N) is 2. The third kappa shape index (κ3) is 5.05. The molecule has 0 atom stereocenters. The van der Waals surface area contributed by atoms with Gasteiger partial charge in [0, 0.05) is 12.4 Å². The molecule has 0 aliphatic rings. The summed E-state index contributed by atoms with van der Waals surface area (Å²) in [5.74, 6) is -0.992. The molecular weight excluding hydrogens is 377 g/mol. The maximum absolute atomic E-state index is 14.2. The van der Waals surface area contributed by atoms with Gasteiger partial charge in [0.2, 0.25) is 5.95 Å². The van der Waals surface area contributed by atoms with E-state index in [9.17, 15) is 14.3 Å². The molecular formula is C19H22FN7O2. The Morgan fingerprint density at radius 3 is 2.72 bits per heavy atom. The molecule has 152 valence electrons. The highest BCUT2D eigenvalue weighted by Crippen LogP contribution is 2.26. The van der Waals surface area contributed by atoms with Crippen LogP contribution in [0.25, 0.3) is 0 Å². The summed E-state index contributed by atoms with van der Waals surface area (Å²) in [6.07, 6.45) is 4.49. The van der Waals surface area contributed by atoms with E-state index < -0.39 is 17.3 Å². The van der Waals surface area contributed by atoms with Gasteiger partial charge in [-0.1, -0.05) is 12.1 Å². The number of primary amides is 1. The SMILES string of the molecule is Cc1cccc(F)c1Nc1nc(Nc2cnn(CC(C)(C)O)c2)ncc1C(N)=O. The number of halogens is 1. The van der Waals surface area contributed by atoms with E-state index in [0.29, 0.717) is 17.8 Å². The first kappa shape index (κ1) is 20.2. The van der Waals surface area contributed by atoms with Crippen LogP contribution in [-0.2, 0) is 6.54 Å². The molecule has 0 fully saturated rings. The first-order valence-corrected chi connectivity index (χ1v) is 8.83. The number of aryl methyl sites for hydroxylation is 1. The summed E-state index contributed by atoms with van der Waals surface area (Å²) in [5.41, 5.74) is 5.91. The zero-order chi connectivity index (χ0) is 21.2. The van der Waals surface area contributed by atoms with Gasteiger partial charge in [-0.25, -0.2) is 9.37 Å². The van der Waals surface area contributed by atoms with Crippen LogP contribution >= 0.6 is 0 Å². The smallest absolute Gasteiger partial charge is 0.254 e. The maximum Gasteiger partial charge on any atom is 0.254 e. The van der Waals surface area contributed by atoms with Crippen LogP contribution in [0.3, 0.4) is 0 Å². The van der Waals surface area contributed by atoms with Gasteiger partial charge in [-0.15, -0.1) is 0 Å². The van der Waals surface area contributed by atoms with E-state index >= 15 is 0 Å². The summed E-state index contributed by atoms with van der Waals surface area (Å²) in [5, 5.41) is 19.8. The van der Waals surface area contributed by atoms with Crippen LogP contribution in [-0.4, -0.2) is 36.4 Å². The monoisotopic (exact) mass is 399 g/mol. The molecule has 0 saturated carbocycles. The van der Waals surface area contributed by atoms with E-state index in [1.165, 1.54) is 12.3 Å². The summed E-state index contributed by atoms with van der Waals surface area (Å²) in [6, 6.07) is 4.62. The lowest BCUT2D eigenvalue weighted by molar-refractivity contribution is 0.0577. The normalized spacial score (nSPS) is 11.3. The third-order valence-electron chi connectivity index (χ3n) is 3.96. The predicted octanol–water partition coefficient (Wildman–Crippen LogP) is 2.48. The molecule has 3 rings (SSSR count). The molecule has 2 heterocycles. The summed E-state index contributed by atoms with van der Waals surface area (Å²) in [6.45, 7) is 5.38. The summed E-state index contributed by atoms with van der Waals surface area (Å²) in [7, 11) is 0. The lowest BCUT2D eigenvalue weighted by Gasteiger charge is -2.16. The Bertz CT molecular complexity index is 1020. The molecule has 3 aromatic rings. The second kappa shape index (κ2) is 7.84. The number of para-hydroxylation sites is 1. The number of carbonyl (C=O) groups is 1. The lowest BCUT2D eigenvalue weighted by Crippen LogP contribution is -2.26. The zero-order valence-corrected chi connectivity index (χ0v) is 16.3. The number of rotatable bonds is 7. The highest BCUT2D eigenvalue weighted by atomic mass is 19.1. The van der Waals surface area contributed by atoms with Crippen molar-refractivity contribution in [3.8, 4) is 0 Å². The van der Waals surface area contributed by atoms with Gasteiger partial charge in [-0.3, -0.25) is 9.48 Å². The second-order valence-corrected chi connectivity index (χ2v) is 7.24. The van der Waals surface area contributed by atoms with Crippen molar-refractivity contribution in [2.24, 2.45) is 5.73 Å². The molecule has 2 aromatic heterocycles. The minimum absolute atomic E-state index is 0.0240. The van der Waals surface area contributed by atoms with Crippen LogP contribution in [0.15, 0.2) is 36.8 Å². The number of nitrogens with zero attached hydrogens (tertiary/aromatic N) is 4. The van der Waals surface area contributed by atoms with Gasteiger partial charge in [0.1, 0.15) is 17.2 Å². The molecule has 10 heteroatoms. The van der Waals surface area contributed by atoms with Gasteiger partial charge < -0.3 is 21.5 Å². The topological polar surface area (TPSA) is 131 Å². The Morgan fingerprint density at radius 1 is 1.31 bits per heavy atom. The van der Waals surface area contributed by atoms with Crippen LogP contribution < -0.4 is 16.4 Å². The molecule has 1 aromatic carbocycles. The molecule has 0 saturated heterocycles. The zero-order valence-electron chi connectivity index (χ0n) is 16.3. The Morgan fingerprint density at radius 2 is 2.07 bits per heavy atom. The van der Waals surface area contributed by atoms with Gasteiger partial charge in [0.15, 0.2) is 0 Å². The molecule has 1 amide bonds. The summed E-state index contributed by atoms with van der Waals surface area (Å²) in [4.78, 5) is 20.1. The second-order valence-electron chi connectivity index (χ2n) is 7.24. The fraction of sp³-hybridized carbons (Fsp3) is 0.263. The summed E-state index contributed by atoms with van der Waals surface area (Å²) >= 11 is 0. The molecule has 0 aliphatic carbocycles. The number of anilines is 4. The van der Waals surface area contributed by atoms with Crippen molar-refractivity contribution >= 4 is 29.0 Å². The van der Waals surface area contributed by atoms with Crippen molar-refractivity contribution in [2.45, 2.75) is 32.9 Å². The van der Waals surface area contributed by atoms with Crippen molar-refractivity contribution < 1.29 is 14.3 Å². The lowest BCUT2D eigenvalue weighted by atomic mass is 10.1. The van der Waals surface area contributed by atoms with Crippen molar-refractivity contribution in [1.82, 2.24) is 19.7 Å². The molecule has 9 nitrogen and oxygen atoms in total. The molecule has 0 radical (unpaired) electrons. The number of nitrogens with two attached hydrogens (primary N) is 1. The number of amides is 1. The Hall–Kier alpha value is -3.53. The maximum atomic E-state index is 14.2. The average Bonchev–Trinajstić information content (AvgIpc) is 3.03. The number of benzene rings is 1. The minimum Gasteiger partial charge on any atom is -0.389 e. The van der Waals surface area contributed by atoms with Crippen LogP contribution in [0.2, 0.25) is 0 Å². The van der Waals surface area contributed by atoms with Crippen LogP contribution in [0.1, 0.15) is 29.8 Å². The van der Waals surface area contributed by atoms with Gasteiger partial charge in [-0.2, -0.15) is 10.1 Å². The molecule has 0 unspecified atom stereocenters. The largest absolute Gasteiger partial charge is 0.389 e. The highest BCUT2D eigenvalue weighted by molar-refractivity contribution is 5.98. The quantitative estimate of drug-likeness (QED) is 0.480. The van der Waals surface area contributed by atoms with E-state index in [-0.39, 0.29) is 23.0 Å². The molecule has 5 N–H and O–H groups in total. The number of carbonyl (C=O) groups excluding carboxylic acids is 1. The van der Waals surface area contributed by atoms with Crippen LogP contribution in [0, 0.1) is 12.7 Å².